The summed E-state index contributed by atoms with van der Waals surface area (Å²) in [7, 11) is 0. The summed E-state index contributed by atoms with van der Waals surface area (Å²) in [6.07, 6.45) is -0.0519. The molecule has 8 heteroatoms. The molecule has 1 heterocycles. The normalized spacial score (nSPS) is 10.1. The topological polar surface area (TPSA) is 117 Å². The Morgan fingerprint density at radius 3 is 2.57 bits per heavy atom. The van der Waals surface area contributed by atoms with E-state index in [9.17, 15) is 9.59 Å². The van der Waals surface area contributed by atoms with Crippen molar-refractivity contribution in [2.24, 2.45) is 0 Å². The molecule has 2 amide bonds. The highest BCUT2D eigenvalue weighted by Crippen LogP contribution is 2.10. The van der Waals surface area contributed by atoms with Crippen LogP contribution in [0.5, 0.6) is 0 Å². The van der Waals surface area contributed by atoms with Crippen molar-refractivity contribution in [3.63, 3.8) is 0 Å². The molecule has 0 spiro atoms. The Hall–Kier alpha value is -2.90. The average molecular weight is 290 g/mol. The first-order valence-corrected chi connectivity index (χ1v) is 6.17. The summed E-state index contributed by atoms with van der Waals surface area (Å²) < 4.78 is 4.78. The van der Waals surface area contributed by atoms with Crippen molar-refractivity contribution in [2.75, 3.05) is 5.32 Å². The molecule has 0 saturated carbocycles. The van der Waals surface area contributed by atoms with Crippen molar-refractivity contribution in [1.29, 1.82) is 0 Å². The van der Waals surface area contributed by atoms with Crippen LogP contribution in [-0.4, -0.2) is 27.2 Å². The summed E-state index contributed by atoms with van der Waals surface area (Å²) in [5.74, 6) is -0.0791. The van der Waals surface area contributed by atoms with E-state index in [0.29, 0.717) is 23.0 Å². The molecule has 8 nitrogen and oxygen atoms in total. The van der Waals surface area contributed by atoms with E-state index in [1.54, 1.807) is 31.2 Å². The first-order chi connectivity index (χ1) is 10.0. The minimum atomic E-state index is -0.899. The second-order valence-corrected chi connectivity index (χ2v) is 4.30. The van der Waals surface area contributed by atoms with E-state index in [2.05, 4.69) is 20.8 Å². The Morgan fingerprint density at radius 1 is 1.29 bits per heavy atom. The van der Waals surface area contributed by atoms with Crippen LogP contribution in [0.1, 0.15) is 17.3 Å². The molecule has 0 saturated heterocycles. The minimum Gasteiger partial charge on any atom is -0.481 e. The molecule has 0 bridgehead atoms. The number of amides is 2. The fourth-order valence-electron chi connectivity index (χ4n) is 1.63. The fourth-order valence-corrected chi connectivity index (χ4v) is 1.63. The number of aliphatic carboxylic acids is 1. The van der Waals surface area contributed by atoms with Crippen LogP contribution in [0.25, 0.3) is 0 Å². The lowest BCUT2D eigenvalue weighted by Gasteiger charge is -2.06. The Kier molecular flexibility index (Phi) is 4.50. The van der Waals surface area contributed by atoms with Crippen LogP contribution in [0, 0.1) is 6.92 Å². The number of carboxylic acid groups (broad SMARTS) is 1. The molecule has 1 aromatic carbocycles. The highest BCUT2D eigenvalue weighted by molar-refractivity contribution is 5.89. The summed E-state index contributed by atoms with van der Waals surface area (Å²) in [6, 6.07) is 6.15. The van der Waals surface area contributed by atoms with Gasteiger partial charge in [0, 0.05) is 12.6 Å². The number of carbonyl (C=O) groups excluding carboxylic acids is 1. The molecule has 1 aromatic heterocycles. The molecule has 0 radical (unpaired) electrons. The lowest BCUT2D eigenvalue weighted by molar-refractivity contribution is -0.136. The molecule has 2 rings (SSSR count). The lowest BCUT2D eigenvalue weighted by atomic mass is 10.1. The number of nitrogens with one attached hydrogen (secondary N) is 2. The van der Waals surface area contributed by atoms with Crippen LogP contribution in [0.4, 0.5) is 10.5 Å². The minimum absolute atomic E-state index is 0.0519. The van der Waals surface area contributed by atoms with Crippen LogP contribution in [-0.2, 0) is 17.8 Å². The number of urea groups is 1. The van der Waals surface area contributed by atoms with Gasteiger partial charge in [-0.25, -0.2) is 4.79 Å². The number of benzene rings is 1. The molecule has 0 unspecified atom stereocenters. The van der Waals surface area contributed by atoms with Gasteiger partial charge >= 0.3 is 12.0 Å². The first kappa shape index (κ1) is 14.5. The fraction of sp³-hybridized carbons (Fsp3) is 0.231. The van der Waals surface area contributed by atoms with Crippen LogP contribution < -0.4 is 10.6 Å². The Bertz CT molecular complexity index is 636. The molecule has 2 aromatic rings. The van der Waals surface area contributed by atoms with Gasteiger partial charge in [-0.15, -0.1) is 0 Å². The van der Waals surface area contributed by atoms with E-state index in [-0.39, 0.29) is 13.0 Å². The number of hydrogen-bond acceptors (Lipinski definition) is 5. The second kappa shape index (κ2) is 6.51. The number of aryl methyl sites for hydroxylation is 1. The third-order valence-electron chi connectivity index (χ3n) is 2.54. The number of hydrogen-bond donors (Lipinski definition) is 3. The molecule has 110 valence electrons. The van der Waals surface area contributed by atoms with Gasteiger partial charge in [0.05, 0.1) is 13.0 Å². The van der Waals surface area contributed by atoms with Gasteiger partial charge in [-0.3, -0.25) is 4.79 Å². The molecule has 0 aliphatic rings. The largest absolute Gasteiger partial charge is 0.481 e. The number of aromatic nitrogens is 2. The molecule has 0 fully saturated rings. The molecular weight excluding hydrogens is 276 g/mol. The van der Waals surface area contributed by atoms with Crippen molar-refractivity contribution in [2.45, 2.75) is 19.9 Å². The quantitative estimate of drug-likeness (QED) is 0.764. The van der Waals surface area contributed by atoms with E-state index < -0.39 is 12.0 Å². The molecular formula is C13H14N4O4. The molecule has 3 N–H and O–H groups in total. The second-order valence-electron chi connectivity index (χ2n) is 4.30. The van der Waals surface area contributed by atoms with Crippen molar-refractivity contribution >= 4 is 17.7 Å². The Morgan fingerprint density at radius 2 is 2.00 bits per heavy atom. The van der Waals surface area contributed by atoms with E-state index >= 15 is 0 Å². The number of nitrogens with zero attached hydrogens (tertiary/aromatic N) is 2. The molecule has 0 aliphatic heterocycles. The van der Waals surface area contributed by atoms with E-state index in [0.717, 1.165) is 0 Å². The predicted octanol–water partition coefficient (Wildman–Crippen LogP) is 1.33. The van der Waals surface area contributed by atoms with Gasteiger partial charge in [-0.05, 0) is 17.7 Å². The highest BCUT2D eigenvalue weighted by Gasteiger charge is 2.06. The van der Waals surface area contributed by atoms with Gasteiger partial charge in [0.2, 0.25) is 5.89 Å². The maximum atomic E-state index is 11.7. The Labute approximate surface area is 120 Å². The van der Waals surface area contributed by atoms with Crippen molar-refractivity contribution in [3.05, 3.63) is 41.5 Å². The zero-order valence-electron chi connectivity index (χ0n) is 11.3. The summed E-state index contributed by atoms with van der Waals surface area (Å²) >= 11 is 0. The van der Waals surface area contributed by atoms with Crippen LogP contribution in [0.3, 0.4) is 0 Å². The lowest BCUT2D eigenvalue weighted by Crippen LogP contribution is -2.28. The predicted molar refractivity (Wildman–Crippen MR) is 72.7 cm³/mol. The number of rotatable bonds is 5. The van der Waals surface area contributed by atoms with Crippen molar-refractivity contribution in [1.82, 2.24) is 15.5 Å². The summed E-state index contributed by atoms with van der Waals surface area (Å²) in [5, 5.41) is 17.5. The zero-order valence-corrected chi connectivity index (χ0v) is 11.3. The van der Waals surface area contributed by atoms with Crippen molar-refractivity contribution < 1.29 is 19.2 Å². The maximum Gasteiger partial charge on any atom is 0.319 e. The van der Waals surface area contributed by atoms with Gasteiger partial charge in [-0.1, -0.05) is 17.3 Å². The molecule has 21 heavy (non-hydrogen) atoms. The smallest absolute Gasteiger partial charge is 0.319 e. The van der Waals surface area contributed by atoms with Gasteiger partial charge in [0.15, 0.2) is 5.82 Å². The standard InChI is InChI=1S/C13H14N4O4/c1-8-15-11(17-21-8)7-14-13(20)16-10-4-2-9(3-5-10)6-12(18)19/h2-5H,6-7H2,1H3,(H,18,19)(H2,14,16,20). The highest BCUT2D eigenvalue weighted by atomic mass is 16.5. The van der Waals surface area contributed by atoms with Crippen molar-refractivity contribution in [3.8, 4) is 0 Å². The van der Waals surface area contributed by atoms with Crippen LogP contribution >= 0.6 is 0 Å². The van der Waals surface area contributed by atoms with E-state index in [1.165, 1.54) is 0 Å². The van der Waals surface area contributed by atoms with E-state index in [1.807, 2.05) is 0 Å². The summed E-state index contributed by atoms with van der Waals surface area (Å²) in [5.41, 5.74) is 1.22. The van der Waals surface area contributed by atoms with Crippen LogP contribution in [0.2, 0.25) is 0 Å². The molecule has 0 atom stereocenters. The number of anilines is 1. The third-order valence-corrected chi connectivity index (χ3v) is 2.54. The summed E-state index contributed by atoms with van der Waals surface area (Å²) in [4.78, 5) is 26.2. The first-order valence-electron chi connectivity index (χ1n) is 6.17. The number of carbonyl (C=O) groups is 2. The van der Waals surface area contributed by atoms with Crippen LogP contribution in [0.15, 0.2) is 28.8 Å². The Balaban J connectivity index is 1.83. The SMILES string of the molecule is Cc1nc(CNC(=O)Nc2ccc(CC(=O)O)cc2)no1. The maximum absolute atomic E-state index is 11.7. The monoisotopic (exact) mass is 290 g/mol. The molecule has 0 aliphatic carbocycles. The summed E-state index contributed by atoms with van der Waals surface area (Å²) in [6.45, 7) is 1.82. The van der Waals surface area contributed by atoms with Gasteiger partial charge in [0.25, 0.3) is 0 Å². The van der Waals surface area contributed by atoms with Gasteiger partial charge in [0.1, 0.15) is 0 Å². The zero-order chi connectivity index (χ0) is 15.2. The van der Waals surface area contributed by atoms with E-state index in [4.69, 9.17) is 9.63 Å². The average Bonchev–Trinajstić information content (AvgIpc) is 2.84. The van der Waals surface area contributed by atoms with Gasteiger partial charge < -0.3 is 20.3 Å². The number of carboxylic acids is 1. The van der Waals surface area contributed by atoms with Gasteiger partial charge in [-0.2, -0.15) is 4.98 Å². The third kappa shape index (κ3) is 4.60.